The van der Waals surface area contributed by atoms with E-state index < -0.39 is 63.0 Å². The van der Waals surface area contributed by atoms with Crippen LogP contribution in [0.1, 0.15) is 72.1 Å². The molecule has 1 aromatic carbocycles. The number of fused-ring (bicyclic) bond motifs is 2. The monoisotopic (exact) mass is 634 g/mol. The number of amides is 4. The number of benzene rings is 1. The smallest absolute Gasteiger partial charge is 0.408 e. The fraction of sp³-hybridized carbons (Fsp3) is 0.567. The molecule has 234 valence electrons. The van der Waals surface area contributed by atoms with Gasteiger partial charge in [0.15, 0.2) is 0 Å². The van der Waals surface area contributed by atoms with Crippen LogP contribution in [0.4, 0.5) is 4.79 Å². The van der Waals surface area contributed by atoms with Crippen molar-refractivity contribution in [2.24, 2.45) is 5.92 Å². The zero-order chi connectivity index (χ0) is 31.4. The van der Waals surface area contributed by atoms with E-state index in [9.17, 15) is 27.6 Å². The van der Waals surface area contributed by atoms with Crippen molar-refractivity contribution in [3.63, 3.8) is 0 Å². The SMILES string of the molecule is CC(C)(C)OC(=O)N[C@H]1CCCCCC=C=C[C@@H]2C[C@@]2(C(=O)NS(=O)(=O)c2cccc(Cl)c2)NC(=O)[C@@H]2CCCN2C1=O. The lowest BCUT2D eigenvalue weighted by molar-refractivity contribution is -0.141. The van der Waals surface area contributed by atoms with Crippen molar-refractivity contribution in [2.75, 3.05) is 6.54 Å². The maximum atomic E-state index is 13.7. The molecule has 1 saturated heterocycles. The third-order valence-corrected chi connectivity index (χ3v) is 9.25. The van der Waals surface area contributed by atoms with Crippen molar-refractivity contribution in [1.82, 2.24) is 20.3 Å². The number of nitrogens with zero attached hydrogens (tertiary/aromatic N) is 1. The molecule has 0 bridgehead atoms. The normalized spacial score (nSPS) is 26.6. The highest BCUT2D eigenvalue weighted by Gasteiger charge is 2.61. The fourth-order valence-electron chi connectivity index (χ4n) is 5.41. The van der Waals surface area contributed by atoms with Gasteiger partial charge in [0.2, 0.25) is 11.8 Å². The Kier molecular flexibility index (Phi) is 9.93. The summed E-state index contributed by atoms with van der Waals surface area (Å²) >= 11 is 5.96. The second kappa shape index (κ2) is 13.1. The maximum absolute atomic E-state index is 13.7. The molecular formula is C30H39ClN4O7S. The summed E-state index contributed by atoms with van der Waals surface area (Å²) < 4.78 is 33.5. The molecule has 43 heavy (non-hydrogen) atoms. The van der Waals surface area contributed by atoms with Gasteiger partial charge >= 0.3 is 6.09 Å². The molecule has 4 atom stereocenters. The van der Waals surface area contributed by atoms with Gasteiger partial charge in [0.25, 0.3) is 15.9 Å². The highest BCUT2D eigenvalue weighted by Crippen LogP contribution is 2.45. The van der Waals surface area contributed by atoms with Gasteiger partial charge in [-0.1, -0.05) is 30.5 Å². The van der Waals surface area contributed by atoms with E-state index in [2.05, 4.69) is 21.1 Å². The molecule has 0 unspecified atom stereocenters. The molecule has 11 nitrogen and oxygen atoms in total. The largest absolute Gasteiger partial charge is 0.444 e. The Balaban J connectivity index is 1.59. The average molecular weight is 635 g/mol. The summed E-state index contributed by atoms with van der Waals surface area (Å²) in [4.78, 5) is 54.8. The maximum Gasteiger partial charge on any atom is 0.408 e. The summed E-state index contributed by atoms with van der Waals surface area (Å²) in [7, 11) is -4.28. The van der Waals surface area contributed by atoms with Crippen LogP contribution in [0.3, 0.4) is 0 Å². The molecule has 2 aliphatic heterocycles. The van der Waals surface area contributed by atoms with Crippen molar-refractivity contribution >= 4 is 45.4 Å². The van der Waals surface area contributed by atoms with E-state index in [0.29, 0.717) is 38.6 Å². The summed E-state index contributed by atoms with van der Waals surface area (Å²) in [5.41, 5.74) is 0.791. The van der Waals surface area contributed by atoms with Crippen molar-refractivity contribution in [2.45, 2.75) is 100 Å². The van der Waals surface area contributed by atoms with Gasteiger partial charge in [-0.25, -0.2) is 17.9 Å². The van der Waals surface area contributed by atoms with E-state index in [0.717, 1.165) is 12.8 Å². The molecule has 13 heteroatoms. The summed E-state index contributed by atoms with van der Waals surface area (Å²) in [5, 5.41) is 5.66. The van der Waals surface area contributed by atoms with Gasteiger partial charge < -0.3 is 20.3 Å². The lowest BCUT2D eigenvalue weighted by Crippen LogP contribution is -2.58. The summed E-state index contributed by atoms with van der Waals surface area (Å²) in [6, 6.07) is 3.73. The van der Waals surface area contributed by atoms with E-state index in [1.165, 1.54) is 29.2 Å². The standard InChI is InChI=1S/C30H39ClN4O7S/c1-29(2,3)42-28(39)32-23-15-9-7-5-4-6-8-12-20-19-30(20,33-25(36)24-16-11-17-35(24)26(23)37)27(38)34-43(40,41)22-14-10-13-21(31)18-22/h6,10,12-14,18,20,23-24H,4-5,7,9,11,15-17,19H2,1-3H3,(H,32,39)(H,33,36)(H,34,38)/t8?,20-,23+,24+,30-/m1/s1. The van der Waals surface area contributed by atoms with Crippen LogP contribution in [0.2, 0.25) is 5.02 Å². The first-order chi connectivity index (χ1) is 20.2. The van der Waals surface area contributed by atoms with Gasteiger partial charge in [-0.15, -0.1) is 5.73 Å². The van der Waals surface area contributed by atoms with Gasteiger partial charge in [-0.2, -0.15) is 0 Å². The summed E-state index contributed by atoms with van der Waals surface area (Å²) in [5.74, 6) is -2.35. The topological polar surface area (TPSA) is 151 Å². The van der Waals surface area contributed by atoms with Crippen LogP contribution in [-0.4, -0.2) is 66.9 Å². The van der Waals surface area contributed by atoms with Crippen LogP contribution < -0.4 is 15.4 Å². The predicted molar refractivity (Wildman–Crippen MR) is 159 cm³/mol. The summed E-state index contributed by atoms with van der Waals surface area (Å²) in [6.07, 6.45) is 7.25. The molecule has 3 N–H and O–H groups in total. The number of carbonyl (C=O) groups excluding carboxylic acids is 4. The highest BCUT2D eigenvalue weighted by molar-refractivity contribution is 7.90. The third kappa shape index (κ3) is 8.19. The van der Waals surface area contributed by atoms with Gasteiger partial charge in [0.1, 0.15) is 23.2 Å². The van der Waals surface area contributed by atoms with E-state index in [1.54, 1.807) is 26.8 Å². The zero-order valence-electron chi connectivity index (χ0n) is 24.7. The first-order valence-corrected chi connectivity index (χ1v) is 16.4. The Morgan fingerprint density at radius 2 is 1.91 bits per heavy atom. The molecule has 0 spiro atoms. The number of hydrogen-bond donors (Lipinski definition) is 3. The fourth-order valence-corrected chi connectivity index (χ4v) is 6.75. The molecular weight excluding hydrogens is 596 g/mol. The lowest BCUT2D eigenvalue weighted by Gasteiger charge is -2.30. The third-order valence-electron chi connectivity index (χ3n) is 7.68. The summed E-state index contributed by atoms with van der Waals surface area (Å²) in [6.45, 7) is 5.49. The number of alkyl carbamates (subject to hydrolysis) is 1. The number of carbonyl (C=O) groups is 4. The van der Waals surface area contributed by atoms with Crippen LogP contribution in [0.25, 0.3) is 0 Å². The number of sulfonamides is 1. The van der Waals surface area contributed by atoms with Crippen molar-refractivity contribution in [1.29, 1.82) is 0 Å². The van der Waals surface area contributed by atoms with E-state index in [1.807, 2.05) is 6.08 Å². The number of hydrogen-bond acceptors (Lipinski definition) is 7. The predicted octanol–water partition coefficient (Wildman–Crippen LogP) is 3.58. The molecule has 3 aliphatic rings. The molecule has 2 fully saturated rings. The molecule has 1 saturated carbocycles. The Morgan fingerprint density at radius 3 is 2.63 bits per heavy atom. The number of nitrogens with one attached hydrogen (secondary N) is 3. The first-order valence-electron chi connectivity index (χ1n) is 14.6. The minimum Gasteiger partial charge on any atom is -0.444 e. The Bertz CT molecular complexity index is 1430. The highest BCUT2D eigenvalue weighted by atomic mass is 35.5. The number of halogens is 1. The minimum absolute atomic E-state index is 0.167. The van der Waals surface area contributed by atoms with Gasteiger partial charge in [-0.3, -0.25) is 14.4 Å². The molecule has 1 aromatic rings. The van der Waals surface area contributed by atoms with E-state index in [-0.39, 0.29) is 16.3 Å². The lowest BCUT2D eigenvalue weighted by atomic mass is 10.0. The van der Waals surface area contributed by atoms with Gasteiger partial charge in [0, 0.05) is 17.5 Å². The van der Waals surface area contributed by atoms with Crippen LogP contribution in [0, 0.1) is 5.92 Å². The molecule has 0 aromatic heterocycles. The van der Waals surface area contributed by atoms with E-state index >= 15 is 0 Å². The molecule has 4 amide bonds. The van der Waals surface area contributed by atoms with Crippen molar-refractivity contribution in [3.05, 3.63) is 47.2 Å². The second-order valence-electron chi connectivity index (χ2n) is 12.2. The zero-order valence-corrected chi connectivity index (χ0v) is 26.2. The minimum atomic E-state index is -4.28. The van der Waals surface area contributed by atoms with E-state index in [4.69, 9.17) is 16.3 Å². The molecule has 4 rings (SSSR count). The Labute approximate surface area is 257 Å². The molecule has 2 heterocycles. The van der Waals surface area contributed by atoms with Crippen LogP contribution >= 0.6 is 11.6 Å². The molecule has 1 aliphatic carbocycles. The number of rotatable bonds is 4. The van der Waals surface area contributed by atoms with Crippen LogP contribution in [-0.2, 0) is 29.1 Å². The van der Waals surface area contributed by atoms with Gasteiger partial charge in [0.05, 0.1) is 4.90 Å². The van der Waals surface area contributed by atoms with Gasteiger partial charge in [-0.05, 0) is 89.6 Å². The average Bonchev–Trinajstić information content (AvgIpc) is 3.37. The second-order valence-corrected chi connectivity index (χ2v) is 14.3. The van der Waals surface area contributed by atoms with Crippen LogP contribution in [0.15, 0.2) is 47.0 Å². The van der Waals surface area contributed by atoms with Crippen LogP contribution in [0.5, 0.6) is 0 Å². The Morgan fingerprint density at radius 1 is 1.14 bits per heavy atom. The van der Waals surface area contributed by atoms with Crippen molar-refractivity contribution < 1.29 is 32.3 Å². The molecule has 0 radical (unpaired) electrons. The first kappa shape index (κ1) is 32.6. The number of ether oxygens (including phenoxy) is 1. The Hall–Kier alpha value is -3.34. The quantitative estimate of drug-likeness (QED) is 0.428. The van der Waals surface area contributed by atoms with Crippen molar-refractivity contribution in [3.8, 4) is 0 Å².